The molecule has 0 saturated heterocycles. The first-order valence-electron chi connectivity index (χ1n) is 4.72. The Balaban J connectivity index is 2.16. The van der Waals surface area contributed by atoms with Crippen LogP contribution in [-0.4, -0.2) is 9.97 Å². The van der Waals surface area contributed by atoms with Gasteiger partial charge in [-0.1, -0.05) is 0 Å². The van der Waals surface area contributed by atoms with E-state index in [4.69, 9.17) is 10.5 Å². The summed E-state index contributed by atoms with van der Waals surface area (Å²) in [7, 11) is 0. The first-order chi connectivity index (χ1) is 7.78. The number of benzene rings is 1. The second kappa shape index (κ2) is 4.67. The van der Waals surface area contributed by atoms with Gasteiger partial charge in [0.2, 0.25) is 5.88 Å². The van der Waals surface area contributed by atoms with Crippen molar-refractivity contribution in [1.82, 2.24) is 9.97 Å². The Morgan fingerprint density at radius 3 is 2.62 bits per heavy atom. The normalized spacial score (nSPS) is 10.1. The van der Waals surface area contributed by atoms with Crippen molar-refractivity contribution in [2.45, 2.75) is 6.54 Å². The number of hydrogen-bond acceptors (Lipinski definition) is 4. The van der Waals surface area contributed by atoms with E-state index in [2.05, 4.69) is 9.97 Å². The molecule has 2 rings (SSSR count). The lowest BCUT2D eigenvalue weighted by Crippen LogP contribution is -2.00. The maximum absolute atomic E-state index is 12.6. The van der Waals surface area contributed by atoms with Gasteiger partial charge in [0.05, 0.1) is 5.69 Å². The van der Waals surface area contributed by atoms with Gasteiger partial charge in [-0.15, -0.1) is 0 Å². The van der Waals surface area contributed by atoms with Gasteiger partial charge in [-0.05, 0) is 24.3 Å². The van der Waals surface area contributed by atoms with Crippen molar-refractivity contribution in [1.29, 1.82) is 0 Å². The highest BCUT2D eigenvalue weighted by molar-refractivity contribution is 5.27. The van der Waals surface area contributed by atoms with E-state index in [1.165, 1.54) is 30.6 Å². The molecular weight excluding hydrogens is 209 g/mol. The van der Waals surface area contributed by atoms with E-state index in [0.717, 1.165) is 0 Å². The third-order valence-electron chi connectivity index (χ3n) is 1.94. The molecule has 82 valence electrons. The van der Waals surface area contributed by atoms with Crippen LogP contribution in [0.15, 0.2) is 36.7 Å². The molecule has 2 aromatic rings. The van der Waals surface area contributed by atoms with Crippen LogP contribution in [0, 0.1) is 5.82 Å². The quantitative estimate of drug-likeness (QED) is 0.855. The van der Waals surface area contributed by atoms with Crippen LogP contribution in [0.4, 0.5) is 4.39 Å². The molecule has 0 spiro atoms. The van der Waals surface area contributed by atoms with Crippen molar-refractivity contribution in [3.8, 4) is 11.6 Å². The average Bonchev–Trinajstić information content (AvgIpc) is 2.32. The molecule has 0 aliphatic heterocycles. The highest BCUT2D eigenvalue weighted by Gasteiger charge is 2.00. The Kier molecular flexibility index (Phi) is 3.07. The average molecular weight is 219 g/mol. The molecular formula is C11H10FN3O. The van der Waals surface area contributed by atoms with Crippen molar-refractivity contribution in [2.75, 3.05) is 0 Å². The number of nitrogens with two attached hydrogens (primary N) is 1. The molecule has 0 unspecified atom stereocenters. The molecule has 2 N–H and O–H groups in total. The van der Waals surface area contributed by atoms with Gasteiger partial charge < -0.3 is 10.5 Å². The van der Waals surface area contributed by atoms with E-state index in [9.17, 15) is 4.39 Å². The van der Waals surface area contributed by atoms with E-state index < -0.39 is 0 Å². The van der Waals surface area contributed by atoms with Crippen LogP contribution in [-0.2, 0) is 6.54 Å². The summed E-state index contributed by atoms with van der Waals surface area (Å²) in [5, 5.41) is 0. The predicted molar refractivity (Wildman–Crippen MR) is 56.4 cm³/mol. The summed E-state index contributed by atoms with van der Waals surface area (Å²) in [4.78, 5) is 7.86. The highest BCUT2D eigenvalue weighted by Crippen LogP contribution is 2.19. The van der Waals surface area contributed by atoms with Crippen LogP contribution in [0.1, 0.15) is 5.69 Å². The minimum atomic E-state index is -0.308. The molecule has 0 saturated carbocycles. The van der Waals surface area contributed by atoms with Gasteiger partial charge in [0.25, 0.3) is 0 Å². The van der Waals surface area contributed by atoms with Crippen molar-refractivity contribution >= 4 is 0 Å². The number of rotatable bonds is 3. The fourth-order valence-electron chi connectivity index (χ4n) is 1.17. The Hall–Kier alpha value is -2.01. The van der Waals surface area contributed by atoms with Gasteiger partial charge in [0.15, 0.2) is 0 Å². The summed E-state index contributed by atoms with van der Waals surface area (Å²) in [5.41, 5.74) is 6.12. The SMILES string of the molecule is NCc1cc(Oc2ccc(F)cc2)ncn1. The third-order valence-corrected chi connectivity index (χ3v) is 1.94. The van der Waals surface area contributed by atoms with Crippen LogP contribution >= 0.6 is 0 Å². The van der Waals surface area contributed by atoms with Gasteiger partial charge in [-0.25, -0.2) is 14.4 Å². The van der Waals surface area contributed by atoms with E-state index >= 15 is 0 Å². The summed E-state index contributed by atoms with van der Waals surface area (Å²) < 4.78 is 18.0. The molecule has 0 aliphatic rings. The summed E-state index contributed by atoms with van der Waals surface area (Å²) >= 11 is 0. The van der Waals surface area contributed by atoms with E-state index in [1.807, 2.05) is 0 Å². The van der Waals surface area contributed by atoms with Crippen LogP contribution in [0.5, 0.6) is 11.6 Å². The van der Waals surface area contributed by atoms with Crippen LogP contribution < -0.4 is 10.5 Å². The molecule has 0 bridgehead atoms. The summed E-state index contributed by atoms with van der Waals surface area (Å²) in [6.07, 6.45) is 1.38. The second-order valence-electron chi connectivity index (χ2n) is 3.11. The van der Waals surface area contributed by atoms with Crippen LogP contribution in [0.3, 0.4) is 0 Å². The van der Waals surface area contributed by atoms with E-state index in [1.54, 1.807) is 6.07 Å². The molecule has 1 heterocycles. The fourth-order valence-corrected chi connectivity index (χ4v) is 1.17. The Morgan fingerprint density at radius 1 is 1.19 bits per heavy atom. The lowest BCUT2D eigenvalue weighted by atomic mass is 10.3. The zero-order chi connectivity index (χ0) is 11.4. The van der Waals surface area contributed by atoms with Crippen LogP contribution in [0.2, 0.25) is 0 Å². The monoisotopic (exact) mass is 219 g/mol. The van der Waals surface area contributed by atoms with Crippen molar-refractivity contribution in [2.24, 2.45) is 5.73 Å². The number of hydrogen-bond donors (Lipinski definition) is 1. The first-order valence-corrected chi connectivity index (χ1v) is 4.72. The lowest BCUT2D eigenvalue weighted by Gasteiger charge is -2.04. The van der Waals surface area contributed by atoms with Gasteiger partial charge in [-0.2, -0.15) is 0 Å². The van der Waals surface area contributed by atoms with E-state index in [0.29, 0.717) is 23.9 Å². The topological polar surface area (TPSA) is 61.0 Å². The van der Waals surface area contributed by atoms with Crippen molar-refractivity contribution in [3.05, 3.63) is 48.2 Å². The van der Waals surface area contributed by atoms with Gasteiger partial charge in [-0.3, -0.25) is 0 Å². The molecule has 16 heavy (non-hydrogen) atoms. The minimum Gasteiger partial charge on any atom is -0.439 e. The smallest absolute Gasteiger partial charge is 0.222 e. The molecule has 4 nitrogen and oxygen atoms in total. The zero-order valence-corrected chi connectivity index (χ0v) is 8.43. The Morgan fingerprint density at radius 2 is 1.94 bits per heavy atom. The fraction of sp³-hybridized carbons (Fsp3) is 0.0909. The maximum atomic E-state index is 12.6. The summed E-state index contributed by atoms with van der Waals surface area (Å²) in [6.45, 7) is 0.322. The number of aromatic nitrogens is 2. The largest absolute Gasteiger partial charge is 0.439 e. The highest BCUT2D eigenvalue weighted by atomic mass is 19.1. The predicted octanol–water partition coefficient (Wildman–Crippen LogP) is 1.87. The molecule has 1 aromatic carbocycles. The molecule has 0 atom stereocenters. The minimum absolute atomic E-state index is 0.308. The summed E-state index contributed by atoms with van der Waals surface area (Å²) in [5.74, 6) is 0.600. The van der Waals surface area contributed by atoms with Gasteiger partial charge >= 0.3 is 0 Å². The number of ether oxygens (including phenoxy) is 1. The number of nitrogens with zero attached hydrogens (tertiary/aromatic N) is 2. The Bertz CT molecular complexity index is 473. The molecule has 0 fully saturated rings. The molecule has 0 amide bonds. The van der Waals surface area contributed by atoms with Gasteiger partial charge in [0, 0.05) is 12.6 Å². The van der Waals surface area contributed by atoms with E-state index in [-0.39, 0.29) is 5.82 Å². The van der Waals surface area contributed by atoms with Crippen molar-refractivity contribution in [3.63, 3.8) is 0 Å². The molecule has 0 aliphatic carbocycles. The third kappa shape index (κ3) is 2.52. The van der Waals surface area contributed by atoms with Gasteiger partial charge in [0.1, 0.15) is 17.9 Å². The second-order valence-corrected chi connectivity index (χ2v) is 3.11. The lowest BCUT2D eigenvalue weighted by molar-refractivity contribution is 0.458. The molecule has 0 radical (unpaired) electrons. The molecule has 1 aromatic heterocycles. The van der Waals surface area contributed by atoms with Crippen molar-refractivity contribution < 1.29 is 9.13 Å². The Labute approximate surface area is 91.9 Å². The van der Waals surface area contributed by atoms with Crippen LogP contribution in [0.25, 0.3) is 0 Å². The zero-order valence-electron chi connectivity index (χ0n) is 8.43. The summed E-state index contributed by atoms with van der Waals surface area (Å²) in [6, 6.07) is 7.34. The maximum Gasteiger partial charge on any atom is 0.222 e. The first kappa shape index (κ1) is 10.5. The molecule has 5 heteroatoms. The standard InChI is InChI=1S/C11H10FN3O/c12-8-1-3-10(4-2-8)16-11-5-9(6-13)14-7-15-11/h1-5,7H,6,13H2. The number of halogens is 1.